The van der Waals surface area contributed by atoms with Crippen LogP contribution in [-0.2, 0) is 6.42 Å². The Labute approximate surface area is 101 Å². The average Bonchev–Trinajstić information content (AvgIpc) is 2.66. The fourth-order valence-corrected chi connectivity index (χ4v) is 2.74. The van der Waals surface area contributed by atoms with Crippen LogP contribution >= 0.6 is 11.3 Å². The van der Waals surface area contributed by atoms with Crippen molar-refractivity contribution in [2.24, 2.45) is 0 Å². The lowest BCUT2D eigenvalue weighted by molar-refractivity contribution is 0.0737. The molecule has 1 aromatic heterocycles. The Morgan fingerprint density at radius 3 is 2.62 bits per heavy atom. The van der Waals surface area contributed by atoms with E-state index in [2.05, 4.69) is 6.92 Å². The molecule has 0 radical (unpaired) electrons. The Morgan fingerprint density at radius 2 is 2.19 bits per heavy atom. The Balaban J connectivity index is 2.86. The molecule has 4 heteroatoms. The number of aliphatic hydroxyl groups excluding tert-OH is 1. The van der Waals surface area contributed by atoms with Gasteiger partial charge in [0.25, 0.3) is 5.91 Å². The molecular formula is C12H19NO2S. The molecule has 1 N–H and O–H groups in total. The first kappa shape index (κ1) is 13.2. The fourth-order valence-electron chi connectivity index (χ4n) is 1.66. The number of rotatable bonds is 5. The van der Waals surface area contributed by atoms with Crippen molar-refractivity contribution in [3.05, 3.63) is 21.4 Å². The molecule has 90 valence electrons. The largest absolute Gasteiger partial charge is 0.395 e. The van der Waals surface area contributed by atoms with Crippen LogP contribution in [-0.4, -0.2) is 35.6 Å². The van der Waals surface area contributed by atoms with Crippen molar-refractivity contribution < 1.29 is 9.90 Å². The summed E-state index contributed by atoms with van der Waals surface area (Å²) in [6.07, 6.45) is 0.968. The van der Waals surface area contributed by atoms with Gasteiger partial charge in [-0.2, -0.15) is 0 Å². The zero-order valence-electron chi connectivity index (χ0n) is 10.1. The maximum Gasteiger partial charge on any atom is 0.264 e. The lowest BCUT2D eigenvalue weighted by Gasteiger charge is -2.18. The van der Waals surface area contributed by atoms with Gasteiger partial charge < -0.3 is 10.0 Å². The predicted molar refractivity (Wildman–Crippen MR) is 67.1 cm³/mol. The number of aliphatic hydroxyl groups is 1. The van der Waals surface area contributed by atoms with Crippen molar-refractivity contribution in [2.45, 2.75) is 27.2 Å². The van der Waals surface area contributed by atoms with E-state index in [1.165, 1.54) is 10.4 Å². The first-order valence-electron chi connectivity index (χ1n) is 5.63. The fraction of sp³-hybridized carbons (Fsp3) is 0.583. The monoisotopic (exact) mass is 241 g/mol. The zero-order chi connectivity index (χ0) is 12.1. The number of aryl methyl sites for hydroxylation is 2. The van der Waals surface area contributed by atoms with E-state index < -0.39 is 0 Å². The third-order valence-corrected chi connectivity index (χ3v) is 3.96. The Hall–Kier alpha value is -0.870. The molecule has 0 aliphatic heterocycles. The van der Waals surface area contributed by atoms with Crippen LogP contribution in [0.1, 0.15) is 34.0 Å². The predicted octanol–water partition coefficient (Wildman–Crippen LogP) is 2.07. The molecule has 1 amide bonds. The van der Waals surface area contributed by atoms with Gasteiger partial charge in [-0.05, 0) is 31.9 Å². The first-order valence-corrected chi connectivity index (χ1v) is 6.45. The van der Waals surface area contributed by atoms with E-state index in [0.29, 0.717) is 13.1 Å². The number of hydrogen-bond donors (Lipinski definition) is 1. The third kappa shape index (κ3) is 2.83. The maximum absolute atomic E-state index is 12.1. The third-order valence-electron chi connectivity index (χ3n) is 2.59. The summed E-state index contributed by atoms with van der Waals surface area (Å²) in [5, 5.41) is 8.88. The van der Waals surface area contributed by atoms with Crippen molar-refractivity contribution in [3.8, 4) is 0 Å². The van der Waals surface area contributed by atoms with Gasteiger partial charge >= 0.3 is 0 Å². The molecule has 16 heavy (non-hydrogen) atoms. The van der Waals surface area contributed by atoms with E-state index in [9.17, 15) is 4.79 Å². The molecule has 3 nitrogen and oxygen atoms in total. The molecular weight excluding hydrogens is 222 g/mol. The topological polar surface area (TPSA) is 40.5 Å². The van der Waals surface area contributed by atoms with E-state index in [-0.39, 0.29) is 12.5 Å². The lowest BCUT2D eigenvalue weighted by atomic mass is 10.2. The molecule has 0 saturated heterocycles. The van der Waals surface area contributed by atoms with Crippen LogP contribution in [0.25, 0.3) is 0 Å². The number of amides is 1. The van der Waals surface area contributed by atoms with Crippen LogP contribution in [0.4, 0.5) is 0 Å². The highest BCUT2D eigenvalue weighted by molar-refractivity contribution is 7.14. The molecule has 0 aliphatic rings. The molecule has 1 heterocycles. The lowest BCUT2D eigenvalue weighted by Crippen LogP contribution is -2.32. The summed E-state index contributed by atoms with van der Waals surface area (Å²) in [6.45, 7) is 7.12. The number of nitrogens with zero attached hydrogens (tertiary/aromatic N) is 1. The van der Waals surface area contributed by atoms with Crippen LogP contribution in [0.2, 0.25) is 0 Å². The molecule has 0 aliphatic carbocycles. The maximum atomic E-state index is 12.1. The second kappa shape index (κ2) is 6.01. The van der Waals surface area contributed by atoms with Crippen molar-refractivity contribution in [1.29, 1.82) is 0 Å². The van der Waals surface area contributed by atoms with E-state index in [0.717, 1.165) is 11.3 Å². The number of carbonyl (C=O) groups excluding carboxylic acids is 1. The van der Waals surface area contributed by atoms with E-state index >= 15 is 0 Å². The van der Waals surface area contributed by atoms with Crippen LogP contribution < -0.4 is 0 Å². The Bertz CT molecular complexity index is 360. The Kier molecular flexibility index (Phi) is 4.96. The van der Waals surface area contributed by atoms with Crippen molar-refractivity contribution in [1.82, 2.24) is 4.90 Å². The summed E-state index contributed by atoms with van der Waals surface area (Å²) in [5.41, 5.74) is 1.19. The standard InChI is InChI=1S/C12H19NO2S/c1-4-10-9(3)8-11(16-10)12(15)13(5-2)6-7-14/h8,14H,4-7H2,1-3H3. The molecule has 1 aromatic rings. The summed E-state index contributed by atoms with van der Waals surface area (Å²) < 4.78 is 0. The van der Waals surface area contributed by atoms with Crippen molar-refractivity contribution in [3.63, 3.8) is 0 Å². The highest BCUT2D eigenvalue weighted by atomic mass is 32.1. The van der Waals surface area contributed by atoms with Crippen LogP contribution in [0.5, 0.6) is 0 Å². The smallest absolute Gasteiger partial charge is 0.264 e. The molecule has 0 saturated carbocycles. The molecule has 0 bridgehead atoms. The van der Waals surface area contributed by atoms with Crippen LogP contribution in [0.3, 0.4) is 0 Å². The number of carbonyl (C=O) groups is 1. The normalized spacial score (nSPS) is 10.5. The summed E-state index contributed by atoms with van der Waals surface area (Å²) in [5.74, 6) is 0.0318. The summed E-state index contributed by atoms with van der Waals surface area (Å²) >= 11 is 1.56. The molecule has 0 fully saturated rings. The minimum absolute atomic E-state index is 0.0184. The van der Waals surface area contributed by atoms with Gasteiger partial charge in [0.05, 0.1) is 11.5 Å². The minimum atomic E-state index is 0.0184. The number of hydrogen-bond acceptors (Lipinski definition) is 3. The van der Waals surface area contributed by atoms with Gasteiger partial charge in [0.15, 0.2) is 0 Å². The summed E-state index contributed by atoms with van der Waals surface area (Å²) in [6, 6.07) is 1.95. The second-order valence-corrected chi connectivity index (χ2v) is 4.82. The van der Waals surface area contributed by atoms with E-state index in [1.807, 2.05) is 19.9 Å². The summed E-state index contributed by atoms with van der Waals surface area (Å²) in [7, 11) is 0. The Morgan fingerprint density at radius 1 is 1.50 bits per heavy atom. The van der Waals surface area contributed by atoms with Gasteiger partial charge in [0.1, 0.15) is 0 Å². The van der Waals surface area contributed by atoms with Gasteiger partial charge in [-0.3, -0.25) is 4.79 Å². The molecule has 0 aromatic carbocycles. The molecule has 0 unspecified atom stereocenters. The van der Waals surface area contributed by atoms with Crippen LogP contribution in [0.15, 0.2) is 6.07 Å². The van der Waals surface area contributed by atoms with Gasteiger partial charge in [0, 0.05) is 18.0 Å². The molecule has 0 spiro atoms. The van der Waals surface area contributed by atoms with Gasteiger partial charge in [-0.25, -0.2) is 0 Å². The molecule has 0 atom stereocenters. The highest BCUT2D eigenvalue weighted by Crippen LogP contribution is 2.23. The minimum Gasteiger partial charge on any atom is -0.395 e. The first-order chi connectivity index (χ1) is 7.63. The average molecular weight is 241 g/mol. The van der Waals surface area contributed by atoms with Crippen LogP contribution in [0, 0.1) is 6.92 Å². The van der Waals surface area contributed by atoms with E-state index in [1.54, 1.807) is 16.2 Å². The number of likely N-dealkylation sites (N-methyl/N-ethyl adjacent to an activating group) is 1. The number of thiophene rings is 1. The second-order valence-electron chi connectivity index (χ2n) is 3.68. The van der Waals surface area contributed by atoms with Gasteiger partial charge in [-0.15, -0.1) is 11.3 Å². The SMILES string of the molecule is CCc1sc(C(=O)N(CC)CCO)cc1C. The molecule has 1 rings (SSSR count). The van der Waals surface area contributed by atoms with Crippen molar-refractivity contribution in [2.75, 3.05) is 19.7 Å². The zero-order valence-corrected chi connectivity index (χ0v) is 10.9. The quantitative estimate of drug-likeness (QED) is 0.857. The van der Waals surface area contributed by atoms with E-state index in [4.69, 9.17) is 5.11 Å². The van der Waals surface area contributed by atoms with Crippen molar-refractivity contribution >= 4 is 17.2 Å². The van der Waals surface area contributed by atoms with Gasteiger partial charge in [-0.1, -0.05) is 6.92 Å². The summed E-state index contributed by atoms with van der Waals surface area (Å²) in [4.78, 5) is 15.8. The highest BCUT2D eigenvalue weighted by Gasteiger charge is 2.16. The van der Waals surface area contributed by atoms with Gasteiger partial charge in [0.2, 0.25) is 0 Å².